The molecule has 0 aliphatic heterocycles. The first-order valence-electron chi connectivity index (χ1n) is 12.0. The average Bonchev–Trinajstić information content (AvgIpc) is 2.86. The molecule has 10 heteroatoms. The Kier molecular flexibility index (Phi) is 12.0. The van der Waals surface area contributed by atoms with E-state index in [1.165, 1.54) is 12.1 Å². The largest absolute Gasteiger partial charge is 0.395 e. The molecular formula is C26H36N4O5S. The van der Waals surface area contributed by atoms with Crippen molar-refractivity contribution in [1.29, 1.82) is 5.26 Å². The number of aliphatic hydroxyl groups excluding tert-OH is 2. The minimum Gasteiger partial charge on any atom is -0.395 e. The Hall–Kier alpha value is -2.81. The highest BCUT2D eigenvalue weighted by molar-refractivity contribution is 7.89. The molecule has 0 aliphatic carbocycles. The zero-order valence-electron chi connectivity index (χ0n) is 20.9. The zero-order valence-corrected chi connectivity index (χ0v) is 21.7. The van der Waals surface area contributed by atoms with Crippen molar-refractivity contribution in [1.82, 2.24) is 14.9 Å². The lowest BCUT2D eigenvalue weighted by molar-refractivity contribution is -0.122. The van der Waals surface area contributed by atoms with E-state index in [4.69, 9.17) is 15.5 Å². The molecule has 0 bridgehead atoms. The van der Waals surface area contributed by atoms with Crippen LogP contribution in [0.15, 0.2) is 53.4 Å². The minimum atomic E-state index is -3.72. The van der Waals surface area contributed by atoms with Gasteiger partial charge < -0.3 is 15.5 Å². The Bertz CT molecular complexity index is 1110. The Balaban J connectivity index is 2.16. The van der Waals surface area contributed by atoms with Crippen LogP contribution in [-0.2, 0) is 14.8 Å². The molecule has 1 unspecified atom stereocenters. The Morgan fingerprint density at radius 2 is 1.69 bits per heavy atom. The highest BCUT2D eigenvalue weighted by Gasteiger charge is 2.22. The van der Waals surface area contributed by atoms with Crippen molar-refractivity contribution < 1.29 is 23.4 Å². The Morgan fingerprint density at radius 3 is 2.28 bits per heavy atom. The van der Waals surface area contributed by atoms with Gasteiger partial charge in [0.25, 0.3) is 0 Å². The number of hydrogen-bond donors (Lipinski definition) is 4. The normalized spacial score (nSPS) is 12.5. The fourth-order valence-electron chi connectivity index (χ4n) is 3.92. The molecule has 2 rings (SSSR count). The monoisotopic (exact) mass is 516 g/mol. The van der Waals surface area contributed by atoms with Gasteiger partial charge in [0.05, 0.1) is 30.1 Å². The van der Waals surface area contributed by atoms with E-state index in [0.29, 0.717) is 26.1 Å². The number of nitriles is 1. The van der Waals surface area contributed by atoms with Crippen molar-refractivity contribution in [3.63, 3.8) is 0 Å². The number of carbonyl (C=O) groups is 1. The number of nitrogens with one attached hydrogen (secondary N) is 2. The lowest BCUT2D eigenvalue weighted by atomic mass is 9.88. The molecule has 0 saturated carbocycles. The van der Waals surface area contributed by atoms with E-state index in [0.717, 1.165) is 16.7 Å². The van der Waals surface area contributed by atoms with Gasteiger partial charge in [-0.25, -0.2) is 13.1 Å². The number of sulfonamides is 1. The van der Waals surface area contributed by atoms with Crippen molar-refractivity contribution in [2.24, 2.45) is 5.92 Å². The molecule has 2 aromatic rings. The summed E-state index contributed by atoms with van der Waals surface area (Å²) < 4.78 is 27.9. The quantitative estimate of drug-likeness (QED) is 0.264. The predicted molar refractivity (Wildman–Crippen MR) is 138 cm³/mol. The van der Waals surface area contributed by atoms with Gasteiger partial charge in [-0.3, -0.25) is 9.69 Å². The number of amides is 1. The van der Waals surface area contributed by atoms with Gasteiger partial charge in [0.15, 0.2) is 0 Å². The standard InChI is InChI=1S/C26H36N4O5S/c1-20(2)18-25(26(33)28-11-10-27)23-5-3-4-22(19-23)21-6-8-24(9-7-21)36(34,35)29-12-13-30(14-16-31)15-17-32/h3-9,19-20,25,29,31-32H,11-18H2,1-2H3,(H,28,33). The van der Waals surface area contributed by atoms with Gasteiger partial charge >= 0.3 is 0 Å². The number of aliphatic hydroxyl groups is 2. The van der Waals surface area contributed by atoms with E-state index in [-0.39, 0.29) is 43.0 Å². The van der Waals surface area contributed by atoms with Gasteiger partial charge in [0, 0.05) is 26.2 Å². The maximum Gasteiger partial charge on any atom is 0.240 e. The third-order valence-electron chi connectivity index (χ3n) is 5.70. The molecular weight excluding hydrogens is 480 g/mol. The summed E-state index contributed by atoms with van der Waals surface area (Å²) in [6.45, 7) is 5.12. The summed E-state index contributed by atoms with van der Waals surface area (Å²) in [5, 5.41) is 29.6. The fourth-order valence-corrected chi connectivity index (χ4v) is 4.94. The molecule has 4 N–H and O–H groups in total. The van der Waals surface area contributed by atoms with Crippen LogP contribution in [0.3, 0.4) is 0 Å². The van der Waals surface area contributed by atoms with E-state index < -0.39 is 15.9 Å². The predicted octanol–water partition coefficient (Wildman–Crippen LogP) is 1.69. The second-order valence-corrected chi connectivity index (χ2v) is 10.7. The zero-order chi connectivity index (χ0) is 26.6. The van der Waals surface area contributed by atoms with Crippen molar-refractivity contribution in [3.8, 4) is 17.2 Å². The lowest BCUT2D eigenvalue weighted by Gasteiger charge is -2.20. The second kappa shape index (κ2) is 14.7. The van der Waals surface area contributed by atoms with Crippen LogP contribution in [0.25, 0.3) is 11.1 Å². The smallest absolute Gasteiger partial charge is 0.240 e. The van der Waals surface area contributed by atoms with E-state index in [2.05, 4.69) is 10.0 Å². The average molecular weight is 517 g/mol. The van der Waals surface area contributed by atoms with Crippen molar-refractivity contribution >= 4 is 15.9 Å². The summed E-state index contributed by atoms with van der Waals surface area (Å²) in [5.74, 6) is -0.298. The summed E-state index contributed by atoms with van der Waals surface area (Å²) in [4.78, 5) is 14.6. The molecule has 0 aliphatic rings. The van der Waals surface area contributed by atoms with Gasteiger partial charge in [0.1, 0.15) is 6.54 Å². The van der Waals surface area contributed by atoms with Crippen LogP contribution in [0.2, 0.25) is 0 Å². The number of benzene rings is 2. The van der Waals surface area contributed by atoms with Crippen molar-refractivity contribution in [2.45, 2.75) is 31.1 Å². The first-order chi connectivity index (χ1) is 17.2. The van der Waals surface area contributed by atoms with E-state index in [9.17, 15) is 13.2 Å². The minimum absolute atomic E-state index is 0.0437. The van der Waals surface area contributed by atoms with E-state index >= 15 is 0 Å². The number of nitrogens with zero attached hydrogens (tertiary/aromatic N) is 2. The summed E-state index contributed by atoms with van der Waals surface area (Å²) >= 11 is 0. The van der Waals surface area contributed by atoms with Crippen molar-refractivity contribution in [2.75, 3.05) is 45.9 Å². The Labute approximate surface area is 213 Å². The van der Waals surface area contributed by atoms with Crippen LogP contribution in [0.5, 0.6) is 0 Å². The molecule has 0 fully saturated rings. The molecule has 0 heterocycles. The maximum atomic E-state index is 12.7. The summed E-state index contributed by atoms with van der Waals surface area (Å²) in [5.41, 5.74) is 2.51. The van der Waals surface area contributed by atoms with Gasteiger partial charge in [-0.15, -0.1) is 0 Å². The number of rotatable bonds is 15. The lowest BCUT2D eigenvalue weighted by Crippen LogP contribution is -2.37. The van der Waals surface area contributed by atoms with Gasteiger partial charge in [-0.1, -0.05) is 50.2 Å². The van der Waals surface area contributed by atoms with Gasteiger partial charge in [0.2, 0.25) is 15.9 Å². The molecule has 2 aromatic carbocycles. The highest BCUT2D eigenvalue weighted by atomic mass is 32.2. The van der Waals surface area contributed by atoms with E-state index in [1.807, 2.05) is 44.2 Å². The fraction of sp³-hybridized carbons (Fsp3) is 0.462. The molecule has 0 spiro atoms. The third-order valence-corrected chi connectivity index (χ3v) is 7.18. The SMILES string of the molecule is CC(C)CC(C(=O)NCC#N)c1cccc(-c2ccc(S(=O)(=O)NCCN(CCO)CCO)cc2)c1. The summed E-state index contributed by atoms with van der Waals surface area (Å²) in [6, 6.07) is 16.1. The molecule has 1 amide bonds. The Morgan fingerprint density at radius 1 is 1.03 bits per heavy atom. The molecule has 1 atom stereocenters. The van der Waals surface area contributed by atoms with Gasteiger partial charge in [-0.2, -0.15) is 5.26 Å². The second-order valence-electron chi connectivity index (χ2n) is 8.89. The molecule has 0 radical (unpaired) electrons. The highest BCUT2D eigenvalue weighted by Crippen LogP contribution is 2.29. The van der Waals surface area contributed by atoms with Gasteiger partial charge in [-0.05, 0) is 41.2 Å². The number of carbonyl (C=O) groups excluding carboxylic acids is 1. The topological polar surface area (TPSA) is 143 Å². The third kappa shape index (κ3) is 9.00. The van der Waals surface area contributed by atoms with E-state index in [1.54, 1.807) is 17.0 Å². The summed E-state index contributed by atoms with van der Waals surface area (Å²) in [6.07, 6.45) is 0.637. The molecule has 9 nitrogen and oxygen atoms in total. The molecule has 196 valence electrons. The first-order valence-corrected chi connectivity index (χ1v) is 13.5. The maximum absolute atomic E-state index is 12.7. The van der Waals surface area contributed by atoms with Crippen LogP contribution in [0.4, 0.5) is 0 Å². The number of hydrogen-bond acceptors (Lipinski definition) is 7. The first kappa shape index (κ1) is 29.4. The van der Waals surface area contributed by atoms with Crippen LogP contribution in [0.1, 0.15) is 31.7 Å². The van der Waals surface area contributed by atoms with Crippen LogP contribution >= 0.6 is 0 Å². The van der Waals surface area contributed by atoms with Crippen LogP contribution < -0.4 is 10.0 Å². The van der Waals surface area contributed by atoms with Crippen molar-refractivity contribution in [3.05, 3.63) is 54.1 Å². The van der Waals surface area contributed by atoms with Crippen LogP contribution in [0, 0.1) is 17.2 Å². The molecule has 0 saturated heterocycles. The molecule has 36 heavy (non-hydrogen) atoms. The molecule has 0 aromatic heterocycles. The summed E-state index contributed by atoms with van der Waals surface area (Å²) in [7, 11) is -3.72. The van der Waals surface area contributed by atoms with Crippen LogP contribution in [-0.4, -0.2) is 75.4 Å².